The fraction of sp³-hybridized carbons (Fsp3) is 0.286. The molecule has 6 nitrogen and oxygen atoms in total. The van der Waals surface area contributed by atoms with Crippen LogP contribution in [0, 0.1) is 0 Å². The predicted molar refractivity (Wildman–Crippen MR) is 73.4 cm³/mol. The third-order valence-corrected chi connectivity index (χ3v) is 3.05. The van der Waals surface area contributed by atoms with Crippen molar-refractivity contribution in [1.82, 2.24) is 4.57 Å². The number of ether oxygens (including phenoxy) is 1. The van der Waals surface area contributed by atoms with Crippen molar-refractivity contribution in [2.24, 2.45) is 0 Å². The second kappa shape index (κ2) is 5.75. The van der Waals surface area contributed by atoms with Crippen molar-refractivity contribution in [2.45, 2.75) is 13.0 Å². The quantitative estimate of drug-likeness (QED) is 0.854. The lowest BCUT2D eigenvalue weighted by Gasteiger charge is -2.13. The van der Waals surface area contributed by atoms with Crippen LogP contribution in [0.3, 0.4) is 0 Å². The first-order valence-corrected chi connectivity index (χ1v) is 6.14. The summed E-state index contributed by atoms with van der Waals surface area (Å²) < 4.78 is 6.69. The average Bonchev–Trinajstić information content (AvgIpc) is 2.45. The Morgan fingerprint density at radius 1 is 1.35 bits per heavy atom. The summed E-state index contributed by atoms with van der Waals surface area (Å²) in [5, 5.41) is 18.6. The Bertz CT molecular complexity index is 705. The number of hydrogen-bond acceptors (Lipinski definition) is 4. The molecule has 0 radical (unpaired) electrons. The highest BCUT2D eigenvalue weighted by Crippen LogP contribution is 2.26. The van der Waals surface area contributed by atoms with E-state index in [-0.39, 0.29) is 17.7 Å². The van der Waals surface area contributed by atoms with Gasteiger partial charge in [0.15, 0.2) is 0 Å². The van der Waals surface area contributed by atoms with Gasteiger partial charge in [-0.1, -0.05) is 0 Å². The molecule has 0 amide bonds. The first-order chi connectivity index (χ1) is 9.58. The Labute approximate surface area is 114 Å². The van der Waals surface area contributed by atoms with E-state index in [2.05, 4.69) is 0 Å². The van der Waals surface area contributed by atoms with Gasteiger partial charge in [-0.15, -0.1) is 0 Å². The molecule has 106 valence electrons. The van der Waals surface area contributed by atoms with E-state index in [1.165, 1.54) is 29.9 Å². The first kappa shape index (κ1) is 14.1. The molecule has 0 unspecified atom stereocenters. The highest BCUT2D eigenvalue weighted by molar-refractivity contribution is 5.96. The molecule has 20 heavy (non-hydrogen) atoms. The van der Waals surface area contributed by atoms with Gasteiger partial charge in [0.2, 0.25) is 0 Å². The predicted octanol–water partition coefficient (Wildman–Crippen LogP) is 1.09. The Morgan fingerprint density at radius 3 is 2.70 bits per heavy atom. The maximum Gasteiger partial charge on any atom is 0.335 e. The van der Waals surface area contributed by atoms with Crippen molar-refractivity contribution in [1.29, 1.82) is 0 Å². The van der Waals surface area contributed by atoms with E-state index in [0.29, 0.717) is 29.6 Å². The van der Waals surface area contributed by atoms with E-state index in [1.807, 2.05) is 0 Å². The summed E-state index contributed by atoms with van der Waals surface area (Å²) >= 11 is 0. The fourth-order valence-corrected chi connectivity index (χ4v) is 2.14. The minimum atomic E-state index is -1.06. The molecule has 0 saturated carbocycles. The summed E-state index contributed by atoms with van der Waals surface area (Å²) in [5.41, 5.74) is 0.424. The summed E-state index contributed by atoms with van der Waals surface area (Å²) in [6, 6.07) is 5.83. The average molecular weight is 277 g/mol. The third kappa shape index (κ3) is 2.50. The molecule has 6 heteroatoms. The maximum absolute atomic E-state index is 11.9. The number of aromatic nitrogens is 1. The second-order valence-electron chi connectivity index (χ2n) is 4.32. The molecule has 0 spiro atoms. The van der Waals surface area contributed by atoms with Crippen LogP contribution in [0.1, 0.15) is 16.8 Å². The van der Waals surface area contributed by atoms with Gasteiger partial charge in [-0.25, -0.2) is 4.79 Å². The molecule has 1 heterocycles. The van der Waals surface area contributed by atoms with E-state index in [4.69, 9.17) is 14.9 Å². The molecule has 0 aliphatic heterocycles. The molecule has 0 aliphatic carbocycles. The minimum absolute atomic E-state index is 0.0294. The van der Waals surface area contributed by atoms with Crippen LogP contribution in [0.25, 0.3) is 10.9 Å². The maximum atomic E-state index is 11.9. The Balaban J connectivity index is 2.75. The zero-order valence-corrected chi connectivity index (χ0v) is 11.0. The van der Waals surface area contributed by atoms with E-state index in [9.17, 15) is 9.59 Å². The molecule has 0 bridgehead atoms. The van der Waals surface area contributed by atoms with Gasteiger partial charge in [0, 0.05) is 24.6 Å². The molecular formula is C14H15NO5. The van der Waals surface area contributed by atoms with Crippen molar-refractivity contribution < 1.29 is 19.7 Å². The summed E-state index contributed by atoms with van der Waals surface area (Å²) in [4.78, 5) is 23.0. The number of rotatable bonds is 5. The number of hydrogen-bond donors (Lipinski definition) is 2. The van der Waals surface area contributed by atoms with Gasteiger partial charge < -0.3 is 19.5 Å². The Kier molecular flexibility index (Phi) is 4.05. The number of aliphatic hydroxyl groups is 1. The van der Waals surface area contributed by atoms with Crippen molar-refractivity contribution in [3.8, 4) is 5.75 Å². The number of pyridine rings is 1. The number of aromatic carboxylic acids is 1. The lowest BCUT2D eigenvalue weighted by Crippen LogP contribution is -2.20. The standard InChI is InChI=1S/C14H15NO5/c1-20-11-8-10(14(18)19)7-9-3-4-12(17)15(13(9)11)5-2-6-16/h3-4,7-8,16H,2,5-6H2,1H3,(H,18,19). The van der Waals surface area contributed by atoms with Crippen molar-refractivity contribution in [3.05, 3.63) is 40.2 Å². The number of benzene rings is 1. The van der Waals surface area contributed by atoms with E-state index >= 15 is 0 Å². The van der Waals surface area contributed by atoms with Gasteiger partial charge in [0.25, 0.3) is 5.56 Å². The highest BCUT2D eigenvalue weighted by atomic mass is 16.5. The molecule has 2 aromatic rings. The zero-order valence-electron chi connectivity index (χ0n) is 11.0. The second-order valence-corrected chi connectivity index (χ2v) is 4.32. The number of carboxylic acid groups (broad SMARTS) is 1. The summed E-state index contributed by atoms with van der Waals surface area (Å²) in [7, 11) is 1.42. The molecular weight excluding hydrogens is 262 g/mol. The molecule has 0 atom stereocenters. The number of methoxy groups -OCH3 is 1. The Hall–Kier alpha value is -2.34. The normalized spacial score (nSPS) is 10.7. The first-order valence-electron chi connectivity index (χ1n) is 6.14. The van der Waals surface area contributed by atoms with Crippen LogP contribution in [0.2, 0.25) is 0 Å². The highest BCUT2D eigenvalue weighted by Gasteiger charge is 2.13. The van der Waals surface area contributed by atoms with E-state index in [1.54, 1.807) is 6.07 Å². The van der Waals surface area contributed by atoms with Crippen LogP contribution < -0.4 is 10.3 Å². The van der Waals surface area contributed by atoms with E-state index in [0.717, 1.165) is 0 Å². The zero-order chi connectivity index (χ0) is 14.7. The van der Waals surface area contributed by atoms with Gasteiger partial charge in [-0.05, 0) is 24.6 Å². The van der Waals surface area contributed by atoms with Crippen LogP contribution in [0.4, 0.5) is 0 Å². The van der Waals surface area contributed by atoms with Crippen molar-refractivity contribution >= 4 is 16.9 Å². The number of aryl methyl sites for hydroxylation is 1. The van der Waals surface area contributed by atoms with Crippen LogP contribution in [0.15, 0.2) is 29.1 Å². The van der Waals surface area contributed by atoms with Gasteiger partial charge in [0.05, 0.1) is 18.2 Å². The van der Waals surface area contributed by atoms with Gasteiger partial charge >= 0.3 is 5.97 Å². The number of aliphatic hydroxyl groups excluding tert-OH is 1. The molecule has 1 aromatic carbocycles. The molecule has 0 aliphatic rings. The fourth-order valence-electron chi connectivity index (χ4n) is 2.14. The van der Waals surface area contributed by atoms with Crippen LogP contribution in [-0.2, 0) is 6.54 Å². The van der Waals surface area contributed by atoms with Crippen LogP contribution >= 0.6 is 0 Å². The number of fused-ring (bicyclic) bond motifs is 1. The number of carboxylic acids is 1. The molecule has 2 N–H and O–H groups in total. The SMILES string of the molecule is COc1cc(C(=O)O)cc2ccc(=O)n(CCCO)c12. The lowest BCUT2D eigenvalue weighted by atomic mass is 10.1. The van der Waals surface area contributed by atoms with Gasteiger partial charge in [-0.3, -0.25) is 4.79 Å². The van der Waals surface area contributed by atoms with Gasteiger partial charge in [0.1, 0.15) is 5.75 Å². The van der Waals surface area contributed by atoms with Crippen molar-refractivity contribution in [3.63, 3.8) is 0 Å². The molecule has 2 rings (SSSR count). The van der Waals surface area contributed by atoms with Crippen LogP contribution in [0.5, 0.6) is 5.75 Å². The third-order valence-electron chi connectivity index (χ3n) is 3.05. The Morgan fingerprint density at radius 2 is 2.10 bits per heavy atom. The largest absolute Gasteiger partial charge is 0.495 e. The number of nitrogens with zero attached hydrogens (tertiary/aromatic N) is 1. The van der Waals surface area contributed by atoms with Crippen LogP contribution in [-0.4, -0.2) is 34.5 Å². The molecule has 0 saturated heterocycles. The minimum Gasteiger partial charge on any atom is -0.495 e. The molecule has 0 fully saturated rings. The van der Waals surface area contributed by atoms with Gasteiger partial charge in [-0.2, -0.15) is 0 Å². The lowest BCUT2D eigenvalue weighted by molar-refractivity contribution is 0.0696. The smallest absolute Gasteiger partial charge is 0.335 e. The molecule has 1 aromatic heterocycles. The van der Waals surface area contributed by atoms with E-state index < -0.39 is 5.97 Å². The summed E-state index contributed by atoms with van der Waals surface area (Å²) in [6.45, 7) is 0.313. The number of carbonyl (C=O) groups is 1. The topological polar surface area (TPSA) is 88.8 Å². The summed E-state index contributed by atoms with van der Waals surface area (Å²) in [6.07, 6.45) is 0.433. The monoisotopic (exact) mass is 277 g/mol. The summed E-state index contributed by atoms with van der Waals surface area (Å²) in [5.74, 6) is -0.728. The van der Waals surface area contributed by atoms with Crippen molar-refractivity contribution in [2.75, 3.05) is 13.7 Å².